The van der Waals surface area contributed by atoms with Gasteiger partial charge < -0.3 is 20.1 Å². The smallest absolute Gasteiger partial charge is 0.325 e. The Morgan fingerprint density at radius 2 is 1.97 bits per heavy atom. The van der Waals surface area contributed by atoms with Crippen LogP contribution >= 0.6 is 0 Å². The highest BCUT2D eigenvalue weighted by Crippen LogP contribution is 2.39. The molecule has 0 radical (unpaired) electrons. The van der Waals surface area contributed by atoms with Crippen molar-refractivity contribution in [1.29, 1.82) is 0 Å². The number of Topliss-reactive ketones (excluding diaryl/α,β-unsaturated/α-hetero) is 1. The zero-order valence-corrected chi connectivity index (χ0v) is 16.4. The Morgan fingerprint density at radius 1 is 1.24 bits per heavy atom. The molecule has 0 bridgehead atoms. The predicted octanol–water partition coefficient (Wildman–Crippen LogP) is 2.06. The quantitative estimate of drug-likeness (QED) is 0.590. The van der Waals surface area contributed by atoms with Gasteiger partial charge in [-0.1, -0.05) is 19.8 Å². The fraction of sp³-hybridized carbons (Fsp3) is 0.500. The first-order valence-corrected chi connectivity index (χ1v) is 9.70. The van der Waals surface area contributed by atoms with Crippen molar-refractivity contribution in [2.75, 3.05) is 18.7 Å². The summed E-state index contributed by atoms with van der Waals surface area (Å²) in [5.74, 6) is -0.342. The lowest BCUT2D eigenvalue weighted by Gasteiger charge is -2.36. The summed E-state index contributed by atoms with van der Waals surface area (Å²) in [7, 11) is 0. The van der Waals surface area contributed by atoms with Crippen molar-refractivity contribution in [1.82, 2.24) is 10.2 Å². The SMILES string of the molecule is CC(=O)c1cc2c(cc1NC(=O)CN1C(=O)N[C@]3(CCCC[C@@H]3C)C1=O)OCO2. The number of anilines is 1. The van der Waals surface area contributed by atoms with Gasteiger partial charge in [0.1, 0.15) is 12.1 Å². The maximum absolute atomic E-state index is 13.0. The molecule has 2 fully saturated rings. The van der Waals surface area contributed by atoms with E-state index in [1.54, 1.807) is 0 Å². The number of benzene rings is 1. The molecular formula is C20H23N3O6. The van der Waals surface area contributed by atoms with Crippen molar-refractivity contribution >= 4 is 29.3 Å². The van der Waals surface area contributed by atoms with Crippen LogP contribution in [0.5, 0.6) is 11.5 Å². The molecule has 154 valence electrons. The van der Waals surface area contributed by atoms with E-state index in [2.05, 4.69) is 10.6 Å². The van der Waals surface area contributed by atoms with Crippen molar-refractivity contribution in [2.24, 2.45) is 5.92 Å². The van der Waals surface area contributed by atoms with E-state index in [-0.39, 0.29) is 35.7 Å². The van der Waals surface area contributed by atoms with Gasteiger partial charge in [0.25, 0.3) is 5.91 Å². The first kappa shape index (κ1) is 19.2. The molecule has 2 heterocycles. The maximum Gasteiger partial charge on any atom is 0.325 e. The van der Waals surface area contributed by atoms with Gasteiger partial charge in [0.15, 0.2) is 17.3 Å². The zero-order valence-electron chi connectivity index (χ0n) is 16.4. The van der Waals surface area contributed by atoms with Gasteiger partial charge >= 0.3 is 6.03 Å². The van der Waals surface area contributed by atoms with Crippen molar-refractivity contribution in [3.05, 3.63) is 17.7 Å². The number of nitrogens with zero attached hydrogens (tertiary/aromatic N) is 1. The minimum atomic E-state index is -0.918. The third kappa shape index (κ3) is 3.20. The monoisotopic (exact) mass is 401 g/mol. The van der Waals surface area contributed by atoms with Gasteiger partial charge in [-0.15, -0.1) is 0 Å². The van der Waals surface area contributed by atoms with Crippen LogP contribution in [-0.4, -0.2) is 47.4 Å². The molecule has 9 heteroatoms. The largest absolute Gasteiger partial charge is 0.454 e. The molecule has 4 rings (SSSR count). The summed E-state index contributed by atoms with van der Waals surface area (Å²) < 4.78 is 10.6. The summed E-state index contributed by atoms with van der Waals surface area (Å²) in [6.45, 7) is 2.93. The molecule has 9 nitrogen and oxygen atoms in total. The number of carbonyl (C=O) groups is 4. The van der Waals surface area contributed by atoms with Gasteiger partial charge in [0, 0.05) is 11.6 Å². The van der Waals surface area contributed by atoms with Gasteiger partial charge in [-0.3, -0.25) is 19.3 Å². The number of ketones is 1. The average molecular weight is 401 g/mol. The molecule has 1 aromatic rings. The fourth-order valence-corrected chi connectivity index (χ4v) is 4.31. The number of ether oxygens (including phenoxy) is 2. The van der Waals surface area contributed by atoms with Crippen LogP contribution in [0, 0.1) is 5.92 Å². The third-order valence-corrected chi connectivity index (χ3v) is 5.97. The van der Waals surface area contributed by atoms with Crippen LogP contribution in [0.2, 0.25) is 0 Å². The molecule has 1 saturated carbocycles. The summed E-state index contributed by atoms with van der Waals surface area (Å²) in [6, 6.07) is 2.46. The number of fused-ring (bicyclic) bond motifs is 1. The van der Waals surface area contributed by atoms with E-state index >= 15 is 0 Å². The molecule has 2 N–H and O–H groups in total. The van der Waals surface area contributed by atoms with E-state index in [4.69, 9.17) is 9.47 Å². The number of hydrogen-bond acceptors (Lipinski definition) is 6. The Labute approximate surface area is 167 Å². The van der Waals surface area contributed by atoms with Crippen LogP contribution in [0.4, 0.5) is 10.5 Å². The Bertz CT molecular complexity index is 914. The van der Waals surface area contributed by atoms with Crippen LogP contribution in [0.15, 0.2) is 12.1 Å². The number of urea groups is 1. The Kier molecular flexibility index (Phi) is 4.68. The highest BCUT2D eigenvalue weighted by Gasteiger charge is 2.55. The molecule has 2 aliphatic heterocycles. The van der Waals surface area contributed by atoms with Gasteiger partial charge in [-0.05, 0) is 31.7 Å². The third-order valence-electron chi connectivity index (χ3n) is 5.97. The molecular weight excluding hydrogens is 378 g/mol. The predicted molar refractivity (Wildman–Crippen MR) is 102 cm³/mol. The van der Waals surface area contributed by atoms with E-state index in [0.717, 1.165) is 24.2 Å². The van der Waals surface area contributed by atoms with E-state index in [1.807, 2.05) is 6.92 Å². The molecule has 3 aliphatic rings. The Balaban J connectivity index is 1.51. The Morgan fingerprint density at radius 3 is 2.66 bits per heavy atom. The van der Waals surface area contributed by atoms with E-state index in [0.29, 0.717) is 17.9 Å². The molecule has 0 unspecified atom stereocenters. The molecule has 1 aromatic carbocycles. The summed E-state index contributed by atoms with van der Waals surface area (Å²) >= 11 is 0. The lowest BCUT2D eigenvalue weighted by atomic mass is 9.73. The molecule has 1 spiro atoms. The van der Waals surface area contributed by atoms with E-state index in [9.17, 15) is 19.2 Å². The zero-order chi connectivity index (χ0) is 20.8. The molecule has 2 atom stereocenters. The highest BCUT2D eigenvalue weighted by atomic mass is 16.7. The minimum Gasteiger partial charge on any atom is -0.454 e. The highest BCUT2D eigenvalue weighted by molar-refractivity contribution is 6.11. The number of hydrogen-bond donors (Lipinski definition) is 2. The fourth-order valence-electron chi connectivity index (χ4n) is 4.31. The summed E-state index contributed by atoms with van der Waals surface area (Å²) in [5.41, 5.74) is -0.407. The minimum absolute atomic E-state index is 0.0129. The van der Waals surface area contributed by atoms with Crippen molar-refractivity contribution in [2.45, 2.75) is 45.1 Å². The second kappa shape index (κ2) is 7.06. The average Bonchev–Trinajstić information content (AvgIpc) is 3.22. The van der Waals surface area contributed by atoms with Gasteiger partial charge in [0.2, 0.25) is 12.7 Å². The van der Waals surface area contributed by atoms with Crippen LogP contribution in [0.1, 0.15) is 49.9 Å². The topological polar surface area (TPSA) is 114 Å². The lowest BCUT2D eigenvalue weighted by Crippen LogP contribution is -2.54. The van der Waals surface area contributed by atoms with Crippen LogP contribution in [-0.2, 0) is 9.59 Å². The Hall–Kier alpha value is -3.10. The summed E-state index contributed by atoms with van der Waals surface area (Å²) in [5, 5.41) is 5.44. The summed E-state index contributed by atoms with van der Waals surface area (Å²) in [4.78, 5) is 51.0. The first-order chi connectivity index (χ1) is 13.8. The normalized spacial score (nSPS) is 25.3. The number of rotatable bonds is 4. The first-order valence-electron chi connectivity index (χ1n) is 9.70. The lowest BCUT2D eigenvalue weighted by molar-refractivity contribution is -0.136. The van der Waals surface area contributed by atoms with Crippen molar-refractivity contribution in [3.8, 4) is 11.5 Å². The van der Waals surface area contributed by atoms with Crippen molar-refractivity contribution < 1.29 is 28.7 Å². The van der Waals surface area contributed by atoms with Gasteiger partial charge in [-0.2, -0.15) is 0 Å². The second-order valence-corrected chi connectivity index (χ2v) is 7.80. The van der Waals surface area contributed by atoms with E-state index < -0.39 is 24.0 Å². The molecule has 1 aliphatic carbocycles. The molecule has 0 aromatic heterocycles. The standard InChI is InChI=1S/C20H23N3O6/c1-11-5-3-4-6-20(11)18(26)23(19(27)22-20)9-17(25)21-14-8-16-15(28-10-29-16)7-13(14)12(2)24/h7-8,11H,3-6,9-10H2,1-2H3,(H,21,25)(H,22,27)/t11-,20-/m0/s1. The molecule has 29 heavy (non-hydrogen) atoms. The van der Waals surface area contributed by atoms with E-state index in [1.165, 1.54) is 19.1 Å². The summed E-state index contributed by atoms with van der Waals surface area (Å²) in [6.07, 6.45) is 3.30. The molecule has 1 saturated heterocycles. The number of amides is 4. The van der Waals surface area contributed by atoms with Gasteiger partial charge in [0.05, 0.1) is 5.69 Å². The van der Waals surface area contributed by atoms with Crippen LogP contribution < -0.4 is 20.1 Å². The van der Waals surface area contributed by atoms with Gasteiger partial charge in [-0.25, -0.2) is 4.79 Å². The second-order valence-electron chi connectivity index (χ2n) is 7.80. The molecule has 4 amide bonds. The van der Waals surface area contributed by atoms with Crippen molar-refractivity contribution in [3.63, 3.8) is 0 Å². The number of carbonyl (C=O) groups excluding carboxylic acids is 4. The number of nitrogens with one attached hydrogen (secondary N) is 2. The maximum atomic E-state index is 13.0. The number of imide groups is 1. The van der Waals surface area contributed by atoms with Crippen LogP contribution in [0.3, 0.4) is 0 Å². The van der Waals surface area contributed by atoms with Crippen LogP contribution in [0.25, 0.3) is 0 Å².